The summed E-state index contributed by atoms with van der Waals surface area (Å²) >= 11 is 0. The molecule has 12 heteroatoms. The smallest absolute Gasteiger partial charge is 0.255 e. The Morgan fingerprint density at radius 2 is 2.18 bits per heavy atom. The highest BCUT2D eigenvalue weighted by Crippen LogP contribution is 2.28. The third kappa shape index (κ3) is 5.23. The largest absolute Gasteiger partial charge is 0.391 e. The number of aliphatic hydroxyl groups excluding tert-OH is 1. The summed E-state index contributed by atoms with van der Waals surface area (Å²) in [6.45, 7) is 2.23. The molecule has 0 radical (unpaired) electrons. The lowest BCUT2D eigenvalue weighted by Gasteiger charge is -2.23. The molecule has 34 heavy (non-hydrogen) atoms. The molecule has 3 aromatic rings. The summed E-state index contributed by atoms with van der Waals surface area (Å²) in [6.07, 6.45) is 3.83. The standard InChI is InChI=1S/C22H27F2N7O3/c1-22(2,34)17(24)10-26-21(33)12-9-25-18(8-15(12)28-14-4-3-5-16(14)32)29-20-13(23)11-31-19(30-20)6-7-27-31/h6-9,11,14,16-17,32,34H,3-5,10H2,1-2H3,(H,26,33)(H2,25,28,29,30)/t14-,16-,17?/m0/s1. The van der Waals surface area contributed by atoms with Crippen LogP contribution in [0.2, 0.25) is 0 Å². The van der Waals surface area contributed by atoms with E-state index in [1.807, 2.05) is 0 Å². The molecule has 5 N–H and O–H groups in total. The van der Waals surface area contributed by atoms with Gasteiger partial charge in [0.25, 0.3) is 5.91 Å². The summed E-state index contributed by atoms with van der Waals surface area (Å²) in [5.41, 5.74) is -0.722. The normalized spacial score (nSPS) is 19.2. The second kappa shape index (κ2) is 9.47. The van der Waals surface area contributed by atoms with E-state index in [-0.39, 0.29) is 23.2 Å². The van der Waals surface area contributed by atoms with Gasteiger partial charge in [0.2, 0.25) is 0 Å². The van der Waals surface area contributed by atoms with Gasteiger partial charge in [0.15, 0.2) is 17.3 Å². The number of hydrogen-bond donors (Lipinski definition) is 5. The number of pyridine rings is 1. The molecular formula is C22H27F2N7O3. The molecule has 0 spiro atoms. The maximum absolute atomic E-state index is 14.5. The van der Waals surface area contributed by atoms with Crippen LogP contribution in [0.4, 0.5) is 26.1 Å². The number of nitrogens with zero attached hydrogens (tertiary/aromatic N) is 4. The molecule has 3 aromatic heterocycles. The summed E-state index contributed by atoms with van der Waals surface area (Å²) in [4.78, 5) is 21.1. The zero-order chi connectivity index (χ0) is 24.5. The molecule has 1 aliphatic rings. The number of carbonyl (C=O) groups is 1. The minimum Gasteiger partial charge on any atom is -0.391 e. The highest BCUT2D eigenvalue weighted by Gasteiger charge is 2.29. The second-order valence-electron chi connectivity index (χ2n) is 8.89. The molecule has 1 aliphatic carbocycles. The maximum Gasteiger partial charge on any atom is 0.255 e. The third-order valence-corrected chi connectivity index (χ3v) is 5.76. The Hall–Kier alpha value is -3.38. The molecular weight excluding hydrogens is 448 g/mol. The van der Waals surface area contributed by atoms with Crippen molar-refractivity contribution >= 4 is 28.9 Å². The first-order valence-electron chi connectivity index (χ1n) is 11.0. The molecule has 182 valence electrons. The Kier molecular flexibility index (Phi) is 6.62. The maximum atomic E-state index is 14.5. The summed E-state index contributed by atoms with van der Waals surface area (Å²) in [6, 6.07) is 2.83. The summed E-state index contributed by atoms with van der Waals surface area (Å²) in [5, 5.41) is 32.3. The average molecular weight is 476 g/mol. The van der Waals surface area contributed by atoms with Crippen LogP contribution >= 0.6 is 0 Å². The predicted molar refractivity (Wildman–Crippen MR) is 121 cm³/mol. The first-order chi connectivity index (χ1) is 16.1. The number of hydrogen-bond acceptors (Lipinski definition) is 8. The monoisotopic (exact) mass is 475 g/mol. The fraction of sp³-hybridized carbons (Fsp3) is 0.455. The number of anilines is 3. The van der Waals surface area contributed by atoms with Gasteiger partial charge in [-0.3, -0.25) is 4.79 Å². The third-order valence-electron chi connectivity index (χ3n) is 5.76. The van der Waals surface area contributed by atoms with Crippen molar-refractivity contribution in [3.8, 4) is 0 Å². The fourth-order valence-corrected chi connectivity index (χ4v) is 3.70. The zero-order valence-corrected chi connectivity index (χ0v) is 18.8. The minimum absolute atomic E-state index is 0.0741. The van der Waals surface area contributed by atoms with Crippen LogP contribution in [0.5, 0.6) is 0 Å². The van der Waals surface area contributed by atoms with Crippen molar-refractivity contribution in [2.24, 2.45) is 0 Å². The van der Waals surface area contributed by atoms with Gasteiger partial charge in [-0.1, -0.05) is 0 Å². The van der Waals surface area contributed by atoms with Gasteiger partial charge in [-0.25, -0.2) is 23.3 Å². The SMILES string of the molecule is CC(C)(O)C(F)CNC(=O)c1cnc(Nc2nc3ccnn3cc2F)cc1N[C@H]1CCC[C@@H]1O. The van der Waals surface area contributed by atoms with Crippen LogP contribution < -0.4 is 16.0 Å². The predicted octanol–water partition coefficient (Wildman–Crippen LogP) is 2.17. The number of aromatic nitrogens is 4. The van der Waals surface area contributed by atoms with Gasteiger partial charge >= 0.3 is 0 Å². The van der Waals surface area contributed by atoms with Crippen LogP contribution in [0.25, 0.3) is 5.65 Å². The topological polar surface area (TPSA) is 137 Å². The lowest BCUT2D eigenvalue weighted by Crippen LogP contribution is -2.42. The van der Waals surface area contributed by atoms with Crippen molar-refractivity contribution in [3.05, 3.63) is 42.1 Å². The number of nitrogens with one attached hydrogen (secondary N) is 3. The Balaban J connectivity index is 1.59. The highest BCUT2D eigenvalue weighted by atomic mass is 19.1. The number of carbonyl (C=O) groups excluding carboxylic acids is 1. The summed E-state index contributed by atoms with van der Waals surface area (Å²) in [5.74, 6) is -1.12. The van der Waals surface area contributed by atoms with Gasteiger partial charge in [-0.2, -0.15) is 5.10 Å². The number of halogens is 2. The van der Waals surface area contributed by atoms with Crippen LogP contribution in [0.15, 0.2) is 30.7 Å². The van der Waals surface area contributed by atoms with Crippen molar-refractivity contribution < 1.29 is 23.8 Å². The van der Waals surface area contributed by atoms with E-state index in [0.717, 1.165) is 6.42 Å². The Morgan fingerprint density at radius 3 is 2.88 bits per heavy atom. The zero-order valence-electron chi connectivity index (χ0n) is 18.8. The van der Waals surface area contributed by atoms with E-state index in [0.29, 0.717) is 24.2 Å². The number of aliphatic hydroxyl groups is 2. The van der Waals surface area contributed by atoms with E-state index in [9.17, 15) is 23.8 Å². The molecule has 0 bridgehead atoms. The summed E-state index contributed by atoms with van der Waals surface area (Å²) < 4.78 is 29.9. The molecule has 1 amide bonds. The molecule has 0 aliphatic heterocycles. The van der Waals surface area contributed by atoms with E-state index in [1.54, 1.807) is 6.07 Å². The summed E-state index contributed by atoms with van der Waals surface area (Å²) in [7, 11) is 0. The van der Waals surface area contributed by atoms with Gasteiger partial charge in [0.1, 0.15) is 12.0 Å². The van der Waals surface area contributed by atoms with Gasteiger partial charge in [0.05, 0.1) is 47.9 Å². The molecule has 1 unspecified atom stereocenters. The molecule has 1 saturated carbocycles. The highest BCUT2D eigenvalue weighted by molar-refractivity contribution is 6.00. The second-order valence-corrected chi connectivity index (χ2v) is 8.89. The molecule has 0 aromatic carbocycles. The molecule has 10 nitrogen and oxygen atoms in total. The van der Waals surface area contributed by atoms with E-state index in [4.69, 9.17) is 0 Å². The molecule has 3 atom stereocenters. The van der Waals surface area contributed by atoms with Crippen LogP contribution in [-0.4, -0.2) is 66.2 Å². The van der Waals surface area contributed by atoms with Crippen LogP contribution in [0, 0.1) is 5.82 Å². The molecule has 1 fully saturated rings. The van der Waals surface area contributed by atoms with Gasteiger partial charge < -0.3 is 26.2 Å². The number of amides is 1. The Bertz CT molecular complexity index is 1180. The van der Waals surface area contributed by atoms with Crippen molar-refractivity contribution in [2.45, 2.75) is 57.0 Å². The van der Waals surface area contributed by atoms with Crippen LogP contribution in [0.3, 0.4) is 0 Å². The van der Waals surface area contributed by atoms with Crippen LogP contribution in [0.1, 0.15) is 43.5 Å². The quantitative estimate of drug-likeness (QED) is 0.334. The number of alkyl halides is 1. The Labute approximate surface area is 194 Å². The number of rotatable bonds is 8. The van der Waals surface area contributed by atoms with E-state index < -0.39 is 36.1 Å². The van der Waals surface area contributed by atoms with Crippen molar-refractivity contribution in [2.75, 3.05) is 17.2 Å². The van der Waals surface area contributed by atoms with Crippen molar-refractivity contribution in [1.29, 1.82) is 0 Å². The first kappa shape index (κ1) is 23.8. The van der Waals surface area contributed by atoms with E-state index in [2.05, 4.69) is 31.0 Å². The van der Waals surface area contributed by atoms with Gasteiger partial charge in [-0.15, -0.1) is 0 Å². The first-order valence-corrected chi connectivity index (χ1v) is 11.0. The van der Waals surface area contributed by atoms with Gasteiger partial charge in [0, 0.05) is 18.3 Å². The van der Waals surface area contributed by atoms with Crippen LogP contribution in [-0.2, 0) is 0 Å². The number of fused-ring (bicyclic) bond motifs is 1. The Morgan fingerprint density at radius 1 is 1.38 bits per heavy atom. The lowest BCUT2D eigenvalue weighted by molar-refractivity contribution is -0.00177. The van der Waals surface area contributed by atoms with E-state index in [1.165, 1.54) is 43.0 Å². The fourth-order valence-electron chi connectivity index (χ4n) is 3.70. The average Bonchev–Trinajstić information content (AvgIpc) is 3.40. The van der Waals surface area contributed by atoms with E-state index >= 15 is 0 Å². The molecule has 3 heterocycles. The van der Waals surface area contributed by atoms with Crippen molar-refractivity contribution in [1.82, 2.24) is 24.9 Å². The lowest BCUT2D eigenvalue weighted by atomic mass is 10.0. The molecule has 4 rings (SSSR count). The van der Waals surface area contributed by atoms with Crippen molar-refractivity contribution in [3.63, 3.8) is 0 Å². The van der Waals surface area contributed by atoms with Gasteiger partial charge in [-0.05, 0) is 33.1 Å². The molecule has 0 saturated heterocycles. The minimum atomic E-state index is -1.68.